The van der Waals surface area contributed by atoms with Crippen LogP contribution in [0.25, 0.3) is 10.9 Å². The van der Waals surface area contributed by atoms with E-state index in [0.717, 1.165) is 22.2 Å². The second-order valence-electron chi connectivity index (χ2n) is 6.50. The van der Waals surface area contributed by atoms with Crippen LogP contribution in [0.15, 0.2) is 67.1 Å². The number of anilines is 3. The number of nitrogens with zero attached hydrogens (tertiary/aromatic N) is 3. The molecule has 138 valence electrons. The van der Waals surface area contributed by atoms with Gasteiger partial charge >= 0.3 is 0 Å². The summed E-state index contributed by atoms with van der Waals surface area (Å²) in [6, 6.07) is 15.5. The van der Waals surface area contributed by atoms with Gasteiger partial charge in [0.15, 0.2) is 0 Å². The summed E-state index contributed by atoms with van der Waals surface area (Å²) in [5.41, 5.74) is 5.03. The number of fused-ring (bicyclic) bond motifs is 1. The normalized spacial score (nSPS) is 10.6. The highest BCUT2D eigenvalue weighted by molar-refractivity contribution is 6.08. The van der Waals surface area contributed by atoms with Gasteiger partial charge in [-0.3, -0.25) is 9.78 Å². The van der Waals surface area contributed by atoms with Gasteiger partial charge in [0.1, 0.15) is 0 Å². The summed E-state index contributed by atoms with van der Waals surface area (Å²) in [5.74, 6) is 0.161. The zero-order valence-electron chi connectivity index (χ0n) is 15.6. The molecule has 0 aliphatic heterocycles. The lowest BCUT2D eigenvalue weighted by atomic mass is 10.1. The summed E-state index contributed by atoms with van der Waals surface area (Å²) in [7, 11) is 0. The topological polar surface area (TPSA) is 79.8 Å². The SMILES string of the molecule is Cc1cccc(Nc2ncc(C(=O)Nc3cccc4cccnc34)cn2)c1C. The van der Waals surface area contributed by atoms with Crippen LogP contribution in [0.2, 0.25) is 0 Å². The van der Waals surface area contributed by atoms with E-state index in [9.17, 15) is 4.79 Å². The molecule has 2 aromatic carbocycles. The maximum Gasteiger partial charge on any atom is 0.258 e. The number of pyridine rings is 1. The molecule has 2 aromatic heterocycles. The Kier molecular flexibility index (Phi) is 4.68. The van der Waals surface area contributed by atoms with Crippen molar-refractivity contribution in [3.63, 3.8) is 0 Å². The average molecular weight is 369 g/mol. The van der Waals surface area contributed by atoms with E-state index in [1.165, 1.54) is 18.0 Å². The Labute approximate surface area is 162 Å². The molecule has 0 spiro atoms. The van der Waals surface area contributed by atoms with Crippen molar-refractivity contribution >= 4 is 34.1 Å². The largest absolute Gasteiger partial charge is 0.324 e. The predicted octanol–water partition coefficient (Wildman–Crippen LogP) is 4.64. The van der Waals surface area contributed by atoms with Crippen molar-refractivity contribution in [1.29, 1.82) is 0 Å². The number of rotatable bonds is 4. The summed E-state index contributed by atoms with van der Waals surface area (Å²) in [6.45, 7) is 4.09. The number of benzene rings is 2. The van der Waals surface area contributed by atoms with Gasteiger partial charge in [-0.05, 0) is 43.2 Å². The van der Waals surface area contributed by atoms with Crippen molar-refractivity contribution in [3.8, 4) is 0 Å². The number of aryl methyl sites for hydroxylation is 1. The lowest BCUT2D eigenvalue weighted by Crippen LogP contribution is -2.13. The zero-order valence-corrected chi connectivity index (χ0v) is 15.6. The van der Waals surface area contributed by atoms with Crippen molar-refractivity contribution in [2.45, 2.75) is 13.8 Å². The molecule has 0 radical (unpaired) electrons. The van der Waals surface area contributed by atoms with Crippen LogP contribution < -0.4 is 10.6 Å². The molecule has 0 bridgehead atoms. The molecule has 0 saturated carbocycles. The molecule has 4 aromatic rings. The second kappa shape index (κ2) is 7.44. The Balaban J connectivity index is 1.52. The highest BCUT2D eigenvalue weighted by Crippen LogP contribution is 2.22. The molecule has 0 unspecified atom stereocenters. The smallest absolute Gasteiger partial charge is 0.258 e. The summed E-state index contributed by atoms with van der Waals surface area (Å²) >= 11 is 0. The summed E-state index contributed by atoms with van der Waals surface area (Å²) in [4.78, 5) is 25.5. The zero-order chi connectivity index (χ0) is 19.5. The minimum absolute atomic E-state index is 0.281. The van der Waals surface area contributed by atoms with Gasteiger partial charge in [0.25, 0.3) is 5.91 Å². The predicted molar refractivity (Wildman–Crippen MR) is 111 cm³/mol. The first kappa shape index (κ1) is 17.6. The highest BCUT2D eigenvalue weighted by atomic mass is 16.1. The minimum Gasteiger partial charge on any atom is -0.324 e. The molecule has 2 N–H and O–H groups in total. The monoisotopic (exact) mass is 369 g/mol. The van der Waals surface area contributed by atoms with Crippen LogP contribution in [-0.4, -0.2) is 20.9 Å². The van der Waals surface area contributed by atoms with Gasteiger partial charge in [-0.15, -0.1) is 0 Å². The van der Waals surface area contributed by atoms with Crippen LogP contribution >= 0.6 is 0 Å². The van der Waals surface area contributed by atoms with Crippen molar-refractivity contribution < 1.29 is 4.79 Å². The third-order valence-electron chi connectivity index (χ3n) is 4.65. The first-order valence-corrected chi connectivity index (χ1v) is 8.92. The summed E-state index contributed by atoms with van der Waals surface area (Å²) in [6.07, 6.45) is 4.72. The molecule has 0 aliphatic carbocycles. The lowest BCUT2D eigenvalue weighted by Gasteiger charge is -2.10. The van der Waals surface area contributed by atoms with Gasteiger partial charge < -0.3 is 10.6 Å². The van der Waals surface area contributed by atoms with Crippen molar-refractivity contribution in [2.75, 3.05) is 10.6 Å². The molecule has 4 rings (SSSR count). The van der Waals surface area contributed by atoms with Crippen LogP contribution in [0, 0.1) is 13.8 Å². The van der Waals surface area contributed by atoms with Gasteiger partial charge in [0.2, 0.25) is 5.95 Å². The quantitative estimate of drug-likeness (QED) is 0.548. The van der Waals surface area contributed by atoms with Gasteiger partial charge in [0, 0.05) is 29.7 Å². The molecule has 1 amide bonds. The lowest BCUT2D eigenvalue weighted by molar-refractivity contribution is 0.102. The first-order chi connectivity index (χ1) is 13.6. The van der Waals surface area contributed by atoms with Crippen molar-refractivity contribution in [1.82, 2.24) is 15.0 Å². The maximum absolute atomic E-state index is 12.6. The number of amides is 1. The van der Waals surface area contributed by atoms with Gasteiger partial charge in [-0.25, -0.2) is 9.97 Å². The van der Waals surface area contributed by atoms with Crippen LogP contribution in [-0.2, 0) is 0 Å². The van der Waals surface area contributed by atoms with E-state index >= 15 is 0 Å². The molecular weight excluding hydrogens is 350 g/mol. The molecule has 2 heterocycles. The van der Waals surface area contributed by atoms with E-state index in [1.54, 1.807) is 6.20 Å². The molecule has 0 saturated heterocycles. The van der Waals surface area contributed by atoms with Gasteiger partial charge in [-0.1, -0.05) is 30.3 Å². The fourth-order valence-electron chi connectivity index (χ4n) is 2.92. The fourth-order valence-corrected chi connectivity index (χ4v) is 2.92. The van der Waals surface area contributed by atoms with Crippen molar-refractivity contribution in [3.05, 3.63) is 83.8 Å². The van der Waals surface area contributed by atoms with Gasteiger partial charge in [-0.2, -0.15) is 0 Å². The van der Waals surface area contributed by atoms with E-state index in [1.807, 2.05) is 49.4 Å². The third-order valence-corrected chi connectivity index (χ3v) is 4.65. The van der Waals surface area contributed by atoms with E-state index in [2.05, 4.69) is 38.6 Å². The Morgan fingerprint density at radius 3 is 2.39 bits per heavy atom. The van der Waals surface area contributed by atoms with Crippen LogP contribution in [0.3, 0.4) is 0 Å². The molecule has 0 fully saturated rings. The molecule has 28 heavy (non-hydrogen) atoms. The molecule has 6 nitrogen and oxygen atoms in total. The highest BCUT2D eigenvalue weighted by Gasteiger charge is 2.11. The molecule has 0 aliphatic rings. The molecule has 6 heteroatoms. The molecular formula is C22H19N5O. The van der Waals surface area contributed by atoms with Crippen molar-refractivity contribution in [2.24, 2.45) is 0 Å². The summed E-state index contributed by atoms with van der Waals surface area (Å²) < 4.78 is 0. The van der Waals surface area contributed by atoms with E-state index in [-0.39, 0.29) is 5.91 Å². The number of para-hydroxylation sites is 1. The Morgan fingerprint density at radius 2 is 1.57 bits per heavy atom. The summed E-state index contributed by atoms with van der Waals surface area (Å²) in [5, 5.41) is 7.04. The van der Waals surface area contributed by atoms with Crippen LogP contribution in [0.5, 0.6) is 0 Å². The Bertz CT molecular complexity index is 1150. The number of hydrogen-bond donors (Lipinski definition) is 2. The maximum atomic E-state index is 12.6. The van der Waals surface area contributed by atoms with Crippen LogP contribution in [0.4, 0.5) is 17.3 Å². The fraction of sp³-hybridized carbons (Fsp3) is 0.0909. The first-order valence-electron chi connectivity index (χ1n) is 8.92. The van der Waals surface area contributed by atoms with Crippen LogP contribution in [0.1, 0.15) is 21.5 Å². The standard InChI is InChI=1S/C22H19N5O/c1-14-6-3-9-18(15(14)2)27-22-24-12-17(13-25-22)21(28)26-19-10-4-7-16-8-5-11-23-20(16)19/h3-13H,1-2H3,(H,26,28)(H,24,25,27). The second-order valence-corrected chi connectivity index (χ2v) is 6.50. The molecule has 0 atom stereocenters. The number of aromatic nitrogens is 3. The average Bonchev–Trinajstić information content (AvgIpc) is 2.72. The number of carbonyl (C=O) groups excluding carboxylic acids is 1. The van der Waals surface area contributed by atoms with E-state index in [0.29, 0.717) is 17.2 Å². The van der Waals surface area contributed by atoms with E-state index < -0.39 is 0 Å². The van der Waals surface area contributed by atoms with Gasteiger partial charge in [0.05, 0.1) is 16.8 Å². The third kappa shape index (κ3) is 3.53. The Hall–Kier alpha value is -3.80. The Morgan fingerprint density at radius 1 is 0.857 bits per heavy atom. The number of nitrogens with one attached hydrogen (secondary N) is 2. The number of carbonyl (C=O) groups is 1. The minimum atomic E-state index is -0.281. The number of hydrogen-bond acceptors (Lipinski definition) is 5. The van der Waals surface area contributed by atoms with E-state index in [4.69, 9.17) is 0 Å².